The first kappa shape index (κ1) is 17.9. The second kappa shape index (κ2) is 9.60. The second-order valence-corrected chi connectivity index (χ2v) is 5.50. The maximum Gasteiger partial charge on any atom is 0.259 e. The Hall–Kier alpha value is -2.49. The summed E-state index contributed by atoms with van der Waals surface area (Å²) in [4.78, 5) is 12.6. The lowest BCUT2D eigenvalue weighted by molar-refractivity contribution is 0.102. The smallest absolute Gasteiger partial charge is 0.259 e. The topological polar surface area (TPSA) is 47.6 Å². The number of rotatable bonds is 9. The minimum atomic E-state index is -0.201. The highest BCUT2D eigenvalue weighted by Crippen LogP contribution is 2.26. The molecule has 0 heterocycles. The molecule has 0 fully saturated rings. The van der Waals surface area contributed by atoms with Crippen LogP contribution >= 0.6 is 0 Å². The van der Waals surface area contributed by atoms with Crippen molar-refractivity contribution in [3.63, 3.8) is 0 Å². The van der Waals surface area contributed by atoms with E-state index in [1.54, 1.807) is 6.07 Å². The van der Waals surface area contributed by atoms with Gasteiger partial charge in [0.2, 0.25) is 0 Å². The van der Waals surface area contributed by atoms with Crippen LogP contribution in [0.4, 0.5) is 5.69 Å². The third-order valence-electron chi connectivity index (χ3n) is 3.48. The molecular formula is C20H25NO3. The van der Waals surface area contributed by atoms with Gasteiger partial charge < -0.3 is 14.8 Å². The highest BCUT2D eigenvalue weighted by atomic mass is 16.5. The molecular weight excluding hydrogens is 302 g/mol. The van der Waals surface area contributed by atoms with E-state index in [1.165, 1.54) is 0 Å². The fourth-order valence-corrected chi connectivity index (χ4v) is 2.20. The lowest BCUT2D eigenvalue weighted by Crippen LogP contribution is -2.14. The van der Waals surface area contributed by atoms with Crippen LogP contribution in [0.3, 0.4) is 0 Å². The third-order valence-corrected chi connectivity index (χ3v) is 3.48. The Kier molecular flexibility index (Phi) is 7.15. The van der Waals surface area contributed by atoms with Gasteiger partial charge in [0.05, 0.1) is 24.5 Å². The largest absolute Gasteiger partial charge is 0.493 e. The van der Waals surface area contributed by atoms with Crippen LogP contribution < -0.4 is 14.8 Å². The number of hydrogen-bond acceptors (Lipinski definition) is 3. The molecule has 0 aliphatic rings. The van der Waals surface area contributed by atoms with Crippen molar-refractivity contribution < 1.29 is 14.3 Å². The summed E-state index contributed by atoms with van der Waals surface area (Å²) in [5.74, 6) is 1.08. The fourth-order valence-electron chi connectivity index (χ4n) is 2.20. The van der Waals surface area contributed by atoms with E-state index in [0.717, 1.165) is 19.3 Å². The van der Waals surface area contributed by atoms with Gasteiger partial charge in [0, 0.05) is 0 Å². The molecule has 4 nitrogen and oxygen atoms in total. The Morgan fingerprint density at radius 2 is 1.54 bits per heavy atom. The quantitative estimate of drug-likeness (QED) is 0.666. The minimum absolute atomic E-state index is 0.201. The number of carbonyl (C=O) groups excluding carboxylic acids is 1. The Bertz CT molecular complexity index is 655. The van der Waals surface area contributed by atoms with Crippen LogP contribution in [0, 0.1) is 0 Å². The fraction of sp³-hybridized carbons (Fsp3) is 0.350. The summed E-state index contributed by atoms with van der Waals surface area (Å²) in [6.07, 6.45) is 2.94. The highest BCUT2D eigenvalue weighted by Gasteiger charge is 2.14. The summed E-state index contributed by atoms with van der Waals surface area (Å²) in [6, 6.07) is 14.8. The molecule has 0 aliphatic carbocycles. The van der Waals surface area contributed by atoms with Gasteiger partial charge in [-0.1, -0.05) is 44.5 Å². The van der Waals surface area contributed by atoms with Crippen molar-refractivity contribution in [2.45, 2.75) is 33.1 Å². The molecule has 0 aliphatic heterocycles. The molecule has 0 radical (unpaired) electrons. The average molecular weight is 327 g/mol. The van der Waals surface area contributed by atoms with Crippen molar-refractivity contribution in [1.82, 2.24) is 0 Å². The lowest BCUT2D eigenvalue weighted by atomic mass is 10.1. The van der Waals surface area contributed by atoms with Crippen LogP contribution in [-0.2, 0) is 0 Å². The second-order valence-electron chi connectivity index (χ2n) is 5.50. The van der Waals surface area contributed by atoms with E-state index < -0.39 is 0 Å². The summed E-state index contributed by atoms with van der Waals surface area (Å²) in [6.45, 7) is 5.37. The Morgan fingerprint density at radius 1 is 0.875 bits per heavy atom. The molecule has 0 saturated heterocycles. The van der Waals surface area contributed by atoms with E-state index in [2.05, 4.69) is 12.2 Å². The first-order chi connectivity index (χ1) is 11.8. The number of anilines is 1. The summed E-state index contributed by atoms with van der Waals surface area (Å²) in [7, 11) is 0. The molecule has 0 atom stereocenters. The maximum atomic E-state index is 12.6. The van der Waals surface area contributed by atoms with Crippen LogP contribution in [0.15, 0.2) is 48.5 Å². The summed E-state index contributed by atoms with van der Waals surface area (Å²) < 4.78 is 11.4. The highest BCUT2D eigenvalue weighted by molar-refractivity contribution is 6.06. The van der Waals surface area contributed by atoms with Gasteiger partial charge in [0.15, 0.2) is 0 Å². The minimum Gasteiger partial charge on any atom is -0.493 e. The van der Waals surface area contributed by atoms with Gasteiger partial charge >= 0.3 is 0 Å². The van der Waals surface area contributed by atoms with E-state index in [1.807, 2.05) is 49.4 Å². The van der Waals surface area contributed by atoms with E-state index in [-0.39, 0.29) is 5.91 Å². The van der Waals surface area contributed by atoms with Crippen molar-refractivity contribution in [2.75, 3.05) is 18.5 Å². The lowest BCUT2D eigenvalue weighted by Gasteiger charge is -2.14. The van der Waals surface area contributed by atoms with Crippen molar-refractivity contribution in [1.29, 1.82) is 0 Å². The Labute approximate surface area is 143 Å². The number of nitrogens with one attached hydrogen (secondary N) is 1. The standard InChI is InChI=1S/C20H25NO3/c1-3-5-15-24-19-13-9-7-11-17(19)21-20(22)16-10-6-8-12-18(16)23-14-4-2/h6-13H,3-5,14-15H2,1-2H3,(H,21,22). The van der Waals surface area contributed by atoms with Crippen molar-refractivity contribution in [3.8, 4) is 11.5 Å². The molecule has 2 aromatic carbocycles. The molecule has 4 heteroatoms. The molecule has 0 saturated carbocycles. The molecule has 0 aromatic heterocycles. The number of hydrogen-bond donors (Lipinski definition) is 1. The van der Waals surface area contributed by atoms with Crippen LogP contribution in [0.1, 0.15) is 43.5 Å². The predicted octanol–water partition coefficient (Wildman–Crippen LogP) is 4.91. The molecule has 1 N–H and O–H groups in total. The van der Waals surface area contributed by atoms with Crippen LogP contribution in [0.5, 0.6) is 11.5 Å². The van der Waals surface area contributed by atoms with Gasteiger partial charge in [-0.25, -0.2) is 0 Å². The summed E-state index contributed by atoms with van der Waals surface area (Å²) in [5.41, 5.74) is 1.19. The average Bonchev–Trinajstić information content (AvgIpc) is 2.62. The molecule has 2 aromatic rings. The van der Waals surface area contributed by atoms with Crippen molar-refractivity contribution >= 4 is 11.6 Å². The van der Waals surface area contributed by atoms with Gasteiger partial charge in [-0.15, -0.1) is 0 Å². The molecule has 0 spiro atoms. The Balaban J connectivity index is 2.12. The molecule has 128 valence electrons. The van der Waals surface area contributed by atoms with E-state index in [9.17, 15) is 4.79 Å². The van der Waals surface area contributed by atoms with Crippen LogP contribution in [-0.4, -0.2) is 19.1 Å². The zero-order valence-corrected chi connectivity index (χ0v) is 14.4. The first-order valence-electron chi connectivity index (χ1n) is 8.51. The summed E-state index contributed by atoms with van der Waals surface area (Å²) in [5, 5.41) is 2.93. The number of carbonyl (C=O) groups is 1. The third kappa shape index (κ3) is 5.01. The molecule has 24 heavy (non-hydrogen) atoms. The summed E-state index contributed by atoms with van der Waals surface area (Å²) >= 11 is 0. The number of para-hydroxylation sites is 3. The van der Waals surface area contributed by atoms with Crippen LogP contribution in [0.25, 0.3) is 0 Å². The number of amides is 1. The van der Waals surface area contributed by atoms with E-state index >= 15 is 0 Å². The zero-order valence-electron chi connectivity index (χ0n) is 14.4. The molecule has 0 unspecified atom stereocenters. The van der Waals surface area contributed by atoms with E-state index in [4.69, 9.17) is 9.47 Å². The van der Waals surface area contributed by atoms with Gasteiger partial charge in [0.1, 0.15) is 11.5 Å². The molecule has 0 bridgehead atoms. The number of unbranched alkanes of at least 4 members (excludes halogenated alkanes) is 1. The molecule has 1 amide bonds. The van der Waals surface area contributed by atoms with Gasteiger partial charge in [0.25, 0.3) is 5.91 Å². The van der Waals surface area contributed by atoms with Gasteiger partial charge in [-0.3, -0.25) is 4.79 Å². The maximum absolute atomic E-state index is 12.6. The van der Waals surface area contributed by atoms with Crippen LogP contribution in [0.2, 0.25) is 0 Å². The Morgan fingerprint density at radius 3 is 2.29 bits per heavy atom. The predicted molar refractivity (Wildman–Crippen MR) is 97.0 cm³/mol. The monoisotopic (exact) mass is 327 g/mol. The van der Waals surface area contributed by atoms with Crippen molar-refractivity contribution in [3.05, 3.63) is 54.1 Å². The van der Waals surface area contributed by atoms with Crippen molar-refractivity contribution in [2.24, 2.45) is 0 Å². The SMILES string of the molecule is CCCCOc1ccccc1NC(=O)c1ccccc1OCCC. The van der Waals surface area contributed by atoms with Gasteiger partial charge in [-0.2, -0.15) is 0 Å². The number of ether oxygens (including phenoxy) is 2. The van der Waals surface area contributed by atoms with Gasteiger partial charge in [-0.05, 0) is 37.1 Å². The normalized spacial score (nSPS) is 10.2. The number of benzene rings is 2. The first-order valence-corrected chi connectivity index (χ1v) is 8.51. The molecule has 2 rings (SSSR count). The van der Waals surface area contributed by atoms with E-state index in [0.29, 0.717) is 36.0 Å². The zero-order chi connectivity index (χ0) is 17.2.